The van der Waals surface area contributed by atoms with E-state index in [2.05, 4.69) is 22.1 Å². The average molecular weight is 172 g/mol. The van der Waals surface area contributed by atoms with Gasteiger partial charge in [0.15, 0.2) is 5.15 Å². The third-order valence-corrected chi connectivity index (χ3v) is 1.60. The molecule has 0 N–H and O–H groups in total. The summed E-state index contributed by atoms with van der Waals surface area (Å²) >= 11 is 5.79. The summed E-state index contributed by atoms with van der Waals surface area (Å²) in [6.07, 6.45) is 1.86. The van der Waals surface area contributed by atoms with Crippen LogP contribution in [0.1, 0.15) is 24.9 Å². The molecule has 0 radical (unpaired) electrons. The Balaban J connectivity index is 2.90. The second-order valence-electron chi connectivity index (χ2n) is 2.35. The van der Waals surface area contributed by atoms with Gasteiger partial charge in [0.1, 0.15) is 11.5 Å². The fourth-order valence-electron chi connectivity index (χ4n) is 0.793. The first-order chi connectivity index (χ1) is 5.24. The summed E-state index contributed by atoms with van der Waals surface area (Å²) in [4.78, 5) is 3.98. The molecule has 1 aromatic rings. The molecule has 1 heterocycles. The zero-order chi connectivity index (χ0) is 8.27. The third kappa shape index (κ3) is 2.12. The highest BCUT2D eigenvalue weighted by Crippen LogP contribution is 2.10. The Kier molecular flexibility index (Phi) is 2.76. The van der Waals surface area contributed by atoms with Crippen molar-refractivity contribution in [3.63, 3.8) is 0 Å². The molecule has 0 spiro atoms. The highest BCUT2D eigenvalue weighted by Gasteiger charge is 2.02. The summed E-state index contributed by atoms with van der Waals surface area (Å²) in [5.74, 6) is 0.620. The van der Waals surface area contributed by atoms with E-state index >= 15 is 0 Å². The van der Waals surface area contributed by atoms with Gasteiger partial charge in [0.05, 0.1) is 0 Å². The molecule has 0 amide bonds. The largest absolute Gasteiger partial charge is 0.218 e. The van der Waals surface area contributed by atoms with Gasteiger partial charge in [-0.2, -0.15) is 5.10 Å². The van der Waals surface area contributed by atoms with Crippen molar-refractivity contribution in [1.82, 2.24) is 15.2 Å². The van der Waals surface area contributed by atoms with Gasteiger partial charge >= 0.3 is 0 Å². The second kappa shape index (κ2) is 3.62. The fraction of sp³-hybridized carbons (Fsp3) is 0.571. The Morgan fingerprint density at radius 3 is 2.64 bits per heavy atom. The van der Waals surface area contributed by atoms with E-state index in [1.54, 1.807) is 6.92 Å². The summed E-state index contributed by atoms with van der Waals surface area (Å²) < 4.78 is 0. The lowest BCUT2D eigenvalue weighted by molar-refractivity contribution is 0.796. The number of rotatable bonds is 2. The minimum atomic E-state index is 0.486. The van der Waals surface area contributed by atoms with Crippen LogP contribution in [0.2, 0.25) is 5.15 Å². The molecule has 0 unspecified atom stereocenters. The molecular formula is C7H10ClN3. The number of hydrogen-bond acceptors (Lipinski definition) is 3. The maximum atomic E-state index is 5.79. The Morgan fingerprint density at radius 2 is 2.09 bits per heavy atom. The van der Waals surface area contributed by atoms with E-state index in [9.17, 15) is 0 Å². The number of hydrogen-bond donors (Lipinski definition) is 0. The minimum absolute atomic E-state index is 0.486. The Labute approximate surface area is 70.8 Å². The molecule has 60 valence electrons. The van der Waals surface area contributed by atoms with Crippen LogP contribution in [0.4, 0.5) is 0 Å². The van der Waals surface area contributed by atoms with Crippen LogP contribution in [0.25, 0.3) is 0 Å². The standard InChI is InChI=1S/C7H10ClN3/c1-3-4-6-7(8)9-5(2)10-11-6/h3-4H2,1-2H3. The highest BCUT2D eigenvalue weighted by atomic mass is 35.5. The van der Waals surface area contributed by atoms with Gasteiger partial charge in [-0.1, -0.05) is 24.9 Å². The lowest BCUT2D eigenvalue weighted by Crippen LogP contribution is -1.99. The van der Waals surface area contributed by atoms with Crippen molar-refractivity contribution in [2.75, 3.05) is 0 Å². The van der Waals surface area contributed by atoms with Crippen molar-refractivity contribution in [3.05, 3.63) is 16.7 Å². The molecule has 0 aliphatic rings. The first kappa shape index (κ1) is 8.40. The highest BCUT2D eigenvalue weighted by molar-refractivity contribution is 6.29. The summed E-state index contributed by atoms with van der Waals surface area (Å²) in [7, 11) is 0. The Bertz CT molecular complexity index is 249. The fourth-order valence-corrected chi connectivity index (χ4v) is 1.05. The third-order valence-electron chi connectivity index (χ3n) is 1.30. The summed E-state index contributed by atoms with van der Waals surface area (Å²) in [6, 6.07) is 0. The molecule has 0 bridgehead atoms. The van der Waals surface area contributed by atoms with Gasteiger partial charge < -0.3 is 0 Å². The van der Waals surface area contributed by atoms with E-state index in [4.69, 9.17) is 11.6 Å². The quantitative estimate of drug-likeness (QED) is 0.681. The molecule has 0 aliphatic carbocycles. The number of aryl methyl sites for hydroxylation is 2. The van der Waals surface area contributed by atoms with Gasteiger partial charge in [-0.3, -0.25) is 0 Å². The summed E-state index contributed by atoms with van der Waals surface area (Å²) in [6.45, 7) is 3.84. The predicted octanol–water partition coefficient (Wildman–Crippen LogP) is 1.79. The average Bonchev–Trinajstić information content (AvgIpc) is 1.95. The molecule has 11 heavy (non-hydrogen) atoms. The van der Waals surface area contributed by atoms with E-state index in [0.29, 0.717) is 11.0 Å². The van der Waals surface area contributed by atoms with Gasteiger partial charge in [-0.15, -0.1) is 5.10 Å². The first-order valence-electron chi connectivity index (χ1n) is 3.59. The van der Waals surface area contributed by atoms with Crippen LogP contribution < -0.4 is 0 Å². The van der Waals surface area contributed by atoms with Crippen molar-refractivity contribution in [2.24, 2.45) is 0 Å². The van der Waals surface area contributed by atoms with Crippen LogP contribution >= 0.6 is 11.6 Å². The van der Waals surface area contributed by atoms with Crippen molar-refractivity contribution in [3.8, 4) is 0 Å². The topological polar surface area (TPSA) is 38.7 Å². The predicted molar refractivity (Wildman–Crippen MR) is 43.6 cm³/mol. The molecule has 1 rings (SSSR count). The number of halogens is 1. The molecule has 4 heteroatoms. The lowest BCUT2D eigenvalue weighted by atomic mass is 10.3. The van der Waals surface area contributed by atoms with Gasteiger partial charge in [-0.25, -0.2) is 4.98 Å². The smallest absolute Gasteiger partial charge is 0.154 e. The lowest BCUT2D eigenvalue weighted by Gasteiger charge is -1.98. The molecular weight excluding hydrogens is 162 g/mol. The zero-order valence-corrected chi connectivity index (χ0v) is 7.39. The van der Waals surface area contributed by atoms with Gasteiger partial charge in [0.2, 0.25) is 0 Å². The molecule has 1 aromatic heterocycles. The van der Waals surface area contributed by atoms with E-state index in [-0.39, 0.29) is 0 Å². The molecule has 0 atom stereocenters. The van der Waals surface area contributed by atoms with Crippen molar-refractivity contribution in [1.29, 1.82) is 0 Å². The van der Waals surface area contributed by atoms with Crippen LogP contribution in [-0.4, -0.2) is 15.2 Å². The van der Waals surface area contributed by atoms with Crippen molar-refractivity contribution < 1.29 is 0 Å². The van der Waals surface area contributed by atoms with E-state index in [1.807, 2.05) is 0 Å². The van der Waals surface area contributed by atoms with Crippen LogP contribution in [0, 0.1) is 6.92 Å². The maximum absolute atomic E-state index is 5.79. The van der Waals surface area contributed by atoms with Gasteiger partial charge in [0, 0.05) is 0 Å². The van der Waals surface area contributed by atoms with Gasteiger partial charge in [0.25, 0.3) is 0 Å². The minimum Gasteiger partial charge on any atom is -0.218 e. The van der Waals surface area contributed by atoms with Crippen LogP contribution in [0.3, 0.4) is 0 Å². The van der Waals surface area contributed by atoms with E-state index in [1.165, 1.54) is 0 Å². The monoisotopic (exact) mass is 171 g/mol. The normalized spacial score (nSPS) is 10.1. The molecule has 3 nitrogen and oxygen atoms in total. The molecule has 0 saturated carbocycles. The van der Waals surface area contributed by atoms with Gasteiger partial charge in [-0.05, 0) is 13.3 Å². The van der Waals surface area contributed by atoms with E-state index < -0.39 is 0 Å². The number of nitrogens with zero attached hydrogens (tertiary/aromatic N) is 3. The molecule has 0 aromatic carbocycles. The maximum Gasteiger partial charge on any atom is 0.154 e. The summed E-state index contributed by atoms with van der Waals surface area (Å²) in [5.41, 5.74) is 0.791. The Hall–Kier alpha value is -0.700. The molecule has 0 saturated heterocycles. The van der Waals surface area contributed by atoms with Crippen molar-refractivity contribution >= 4 is 11.6 Å². The van der Waals surface area contributed by atoms with Crippen molar-refractivity contribution in [2.45, 2.75) is 26.7 Å². The Morgan fingerprint density at radius 1 is 1.36 bits per heavy atom. The molecule has 0 aliphatic heterocycles. The SMILES string of the molecule is CCCc1nnc(C)nc1Cl. The second-order valence-corrected chi connectivity index (χ2v) is 2.70. The zero-order valence-electron chi connectivity index (χ0n) is 6.63. The van der Waals surface area contributed by atoms with Crippen LogP contribution in [0.15, 0.2) is 0 Å². The first-order valence-corrected chi connectivity index (χ1v) is 3.97. The number of aromatic nitrogens is 3. The molecule has 0 fully saturated rings. The van der Waals surface area contributed by atoms with Crippen LogP contribution in [0.5, 0.6) is 0 Å². The van der Waals surface area contributed by atoms with E-state index in [0.717, 1.165) is 18.5 Å². The summed E-state index contributed by atoms with van der Waals surface area (Å²) in [5, 5.41) is 8.22. The van der Waals surface area contributed by atoms with Crippen LogP contribution in [-0.2, 0) is 6.42 Å².